The highest BCUT2D eigenvalue weighted by Crippen LogP contribution is 2.18. The first-order valence-electron chi connectivity index (χ1n) is 7.42. The van der Waals surface area contributed by atoms with Crippen molar-refractivity contribution >= 4 is 0 Å². The van der Waals surface area contributed by atoms with Crippen LogP contribution in [0.2, 0.25) is 0 Å². The minimum Gasteiger partial charge on any atom is -0.308 e. The SMILES string of the molecule is CCCNC(Cn1ncn(C)c1=O)c1ccc(C)c(C)c1. The number of hydrogen-bond acceptors (Lipinski definition) is 3. The lowest BCUT2D eigenvalue weighted by molar-refractivity contribution is 0.429. The van der Waals surface area contributed by atoms with E-state index in [4.69, 9.17) is 0 Å². The molecule has 2 rings (SSSR count). The largest absolute Gasteiger partial charge is 0.345 e. The lowest BCUT2D eigenvalue weighted by atomic mass is 10.0. The fraction of sp³-hybridized carbons (Fsp3) is 0.500. The molecule has 0 radical (unpaired) electrons. The molecule has 2 aromatic rings. The van der Waals surface area contributed by atoms with Gasteiger partial charge < -0.3 is 5.32 Å². The highest BCUT2D eigenvalue weighted by Gasteiger charge is 2.14. The second kappa shape index (κ2) is 6.72. The molecule has 21 heavy (non-hydrogen) atoms. The maximum atomic E-state index is 12.0. The second-order valence-electron chi connectivity index (χ2n) is 5.56. The van der Waals surface area contributed by atoms with Crippen LogP contribution in [-0.2, 0) is 13.6 Å². The first-order valence-corrected chi connectivity index (χ1v) is 7.42. The van der Waals surface area contributed by atoms with Gasteiger partial charge in [-0.2, -0.15) is 5.10 Å². The fourth-order valence-corrected chi connectivity index (χ4v) is 2.31. The predicted octanol–water partition coefficient (Wildman–Crippen LogP) is 1.94. The molecule has 0 fully saturated rings. The lowest BCUT2D eigenvalue weighted by Crippen LogP contribution is -2.32. The van der Waals surface area contributed by atoms with E-state index in [-0.39, 0.29) is 11.7 Å². The zero-order chi connectivity index (χ0) is 15.4. The summed E-state index contributed by atoms with van der Waals surface area (Å²) < 4.78 is 3.01. The van der Waals surface area contributed by atoms with Crippen molar-refractivity contribution in [2.24, 2.45) is 7.05 Å². The molecule has 1 unspecified atom stereocenters. The van der Waals surface area contributed by atoms with Crippen LogP contribution in [-0.4, -0.2) is 20.9 Å². The molecule has 1 N–H and O–H groups in total. The molecule has 5 nitrogen and oxygen atoms in total. The van der Waals surface area contributed by atoms with E-state index in [1.807, 2.05) is 0 Å². The van der Waals surface area contributed by atoms with E-state index in [9.17, 15) is 4.79 Å². The smallest absolute Gasteiger partial charge is 0.308 e. The van der Waals surface area contributed by atoms with Crippen LogP contribution in [0.4, 0.5) is 0 Å². The van der Waals surface area contributed by atoms with Crippen LogP contribution >= 0.6 is 0 Å². The summed E-state index contributed by atoms with van der Waals surface area (Å²) in [6, 6.07) is 6.55. The maximum absolute atomic E-state index is 12.0. The lowest BCUT2D eigenvalue weighted by Gasteiger charge is -2.19. The molecule has 5 heteroatoms. The average Bonchev–Trinajstić information content (AvgIpc) is 2.78. The minimum absolute atomic E-state index is 0.0814. The van der Waals surface area contributed by atoms with Crippen molar-refractivity contribution in [3.05, 3.63) is 51.7 Å². The van der Waals surface area contributed by atoms with Gasteiger partial charge in [0.05, 0.1) is 12.6 Å². The van der Waals surface area contributed by atoms with E-state index in [1.54, 1.807) is 13.4 Å². The molecule has 0 aliphatic carbocycles. The summed E-state index contributed by atoms with van der Waals surface area (Å²) in [6.45, 7) is 7.82. The zero-order valence-corrected chi connectivity index (χ0v) is 13.3. The standard InChI is InChI=1S/C16H24N4O/c1-5-8-17-15(10-20-16(21)19(4)11-18-20)14-7-6-12(2)13(3)9-14/h6-7,9,11,15,17H,5,8,10H2,1-4H3. The van der Waals surface area contributed by atoms with Gasteiger partial charge in [0.2, 0.25) is 0 Å². The molecular formula is C16H24N4O. The summed E-state index contributed by atoms with van der Waals surface area (Å²) in [6.07, 6.45) is 2.61. The Balaban J connectivity index is 2.27. The van der Waals surface area contributed by atoms with Gasteiger partial charge >= 0.3 is 5.69 Å². The summed E-state index contributed by atoms with van der Waals surface area (Å²) in [7, 11) is 1.72. The summed E-state index contributed by atoms with van der Waals surface area (Å²) in [5.74, 6) is 0. The third-order valence-corrected chi connectivity index (χ3v) is 3.82. The first-order chi connectivity index (χ1) is 10.0. The van der Waals surface area contributed by atoms with Crippen LogP contribution in [0.5, 0.6) is 0 Å². The van der Waals surface area contributed by atoms with Crippen molar-refractivity contribution in [3.63, 3.8) is 0 Å². The molecule has 0 bridgehead atoms. The summed E-state index contributed by atoms with van der Waals surface area (Å²) in [5, 5.41) is 7.66. The minimum atomic E-state index is -0.0814. The monoisotopic (exact) mass is 288 g/mol. The Morgan fingerprint density at radius 2 is 2.05 bits per heavy atom. The number of aryl methyl sites for hydroxylation is 3. The van der Waals surface area contributed by atoms with E-state index >= 15 is 0 Å². The highest BCUT2D eigenvalue weighted by molar-refractivity contribution is 5.31. The van der Waals surface area contributed by atoms with Gasteiger partial charge in [0.1, 0.15) is 6.33 Å². The van der Waals surface area contributed by atoms with Gasteiger partial charge in [-0.05, 0) is 43.5 Å². The van der Waals surface area contributed by atoms with Gasteiger partial charge in [-0.3, -0.25) is 4.57 Å². The summed E-state index contributed by atoms with van der Waals surface area (Å²) in [5.41, 5.74) is 3.67. The second-order valence-corrected chi connectivity index (χ2v) is 5.56. The topological polar surface area (TPSA) is 51.9 Å². The number of benzene rings is 1. The Kier molecular flexibility index (Phi) is 4.96. The average molecular weight is 288 g/mol. The molecule has 0 saturated heterocycles. The molecule has 0 saturated carbocycles. The summed E-state index contributed by atoms with van der Waals surface area (Å²) >= 11 is 0. The van der Waals surface area contributed by atoms with Crippen molar-refractivity contribution < 1.29 is 0 Å². The van der Waals surface area contributed by atoms with Gasteiger partial charge in [-0.15, -0.1) is 0 Å². The van der Waals surface area contributed by atoms with E-state index in [1.165, 1.54) is 25.9 Å². The number of aromatic nitrogens is 3. The quantitative estimate of drug-likeness (QED) is 0.884. The fourth-order valence-electron chi connectivity index (χ4n) is 2.31. The van der Waals surface area contributed by atoms with Crippen LogP contribution in [0, 0.1) is 13.8 Å². The number of nitrogens with zero attached hydrogens (tertiary/aromatic N) is 3. The molecule has 0 aliphatic heterocycles. The van der Waals surface area contributed by atoms with E-state index in [0.717, 1.165) is 13.0 Å². The molecule has 1 aromatic heterocycles. The van der Waals surface area contributed by atoms with E-state index in [2.05, 4.69) is 49.4 Å². The van der Waals surface area contributed by atoms with Crippen LogP contribution in [0.3, 0.4) is 0 Å². The Morgan fingerprint density at radius 3 is 2.62 bits per heavy atom. The van der Waals surface area contributed by atoms with Gasteiger partial charge in [0.25, 0.3) is 0 Å². The van der Waals surface area contributed by atoms with Crippen LogP contribution in [0.25, 0.3) is 0 Å². The number of rotatable bonds is 6. The molecule has 1 atom stereocenters. The van der Waals surface area contributed by atoms with Crippen LogP contribution in [0.1, 0.15) is 36.1 Å². The van der Waals surface area contributed by atoms with Gasteiger partial charge in [-0.1, -0.05) is 25.1 Å². The normalized spacial score (nSPS) is 12.6. The van der Waals surface area contributed by atoms with Crippen LogP contribution < -0.4 is 11.0 Å². The molecule has 114 valence electrons. The van der Waals surface area contributed by atoms with Crippen molar-refractivity contribution in [1.82, 2.24) is 19.7 Å². The Morgan fingerprint density at radius 1 is 1.29 bits per heavy atom. The molecular weight excluding hydrogens is 264 g/mol. The van der Waals surface area contributed by atoms with E-state index < -0.39 is 0 Å². The molecule has 1 aromatic carbocycles. The Bertz CT molecular complexity index is 657. The predicted molar refractivity (Wildman–Crippen MR) is 84.4 cm³/mol. The maximum Gasteiger partial charge on any atom is 0.345 e. The van der Waals surface area contributed by atoms with Gasteiger partial charge in [0, 0.05) is 7.05 Å². The van der Waals surface area contributed by atoms with Gasteiger partial charge in [-0.25, -0.2) is 9.48 Å². The van der Waals surface area contributed by atoms with Crippen molar-refractivity contribution in [1.29, 1.82) is 0 Å². The zero-order valence-electron chi connectivity index (χ0n) is 13.3. The van der Waals surface area contributed by atoms with Crippen LogP contribution in [0.15, 0.2) is 29.3 Å². The molecule has 0 aliphatic rings. The highest BCUT2D eigenvalue weighted by atomic mass is 16.2. The first kappa shape index (κ1) is 15.5. The number of hydrogen-bond donors (Lipinski definition) is 1. The Labute approximate surface area is 125 Å². The summed E-state index contributed by atoms with van der Waals surface area (Å²) in [4.78, 5) is 12.0. The third-order valence-electron chi connectivity index (χ3n) is 3.82. The van der Waals surface area contributed by atoms with E-state index in [0.29, 0.717) is 6.54 Å². The third kappa shape index (κ3) is 3.61. The van der Waals surface area contributed by atoms with Crippen molar-refractivity contribution in [2.75, 3.05) is 6.54 Å². The van der Waals surface area contributed by atoms with Crippen molar-refractivity contribution in [3.8, 4) is 0 Å². The van der Waals surface area contributed by atoms with Crippen molar-refractivity contribution in [2.45, 2.75) is 39.8 Å². The molecule has 1 heterocycles. The van der Waals surface area contributed by atoms with Gasteiger partial charge in [0.15, 0.2) is 0 Å². The molecule has 0 spiro atoms. The molecule has 0 amide bonds. The Hall–Kier alpha value is -1.88. The number of nitrogens with one attached hydrogen (secondary N) is 1.